The van der Waals surface area contributed by atoms with Crippen LogP contribution in [0.4, 0.5) is 24.5 Å². The molecular formula is C28H32F3N3O3. The summed E-state index contributed by atoms with van der Waals surface area (Å²) in [5, 5.41) is 12.5. The van der Waals surface area contributed by atoms with Crippen molar-refractivity contribution in [2.45, 2.75) is 64.0 Å². The first-order valence-electron chi connectivity index (χ1n) is 12.7. The van der Waals surface area contributed by atoms with Crippen LogP contribution in [-0.2, 0) is 10.9 Å². The average molecular weight is 516 g/mol. The minimum Gasteiger partial charge on any atom is -0.378 e. The van der Waals surface area contributed by atoms with E-state index in [1.54, 1.807) is 12.1 Å². The second kappa shape index (κ2) is 13.3. The lowest BCUT2D eigenvalue weighted by Gasteiger charge is -2.30. The molecule has 1 atom stereocenters. The molecule has 0 aliphatic carbocycles. The van der Waals surface area contributed by atoms with Gasteiger partial charge in [0.25, 0.3) is 0 Å². The Kier molecular flexibility index (Phi) is 10.2. The van der Waals surface area contributed by atoms with Crippen LogP contribution in [0.15, 0.2) is 41.6 Å². The second-order valence-corrected chi connectivity index (χ2v) is 9.31. The molecule has 1 heterocycles. The van der Waals surface area contributed by atoms with E-state index in [1.807, 2.05) is 17.9 Å². The molecule has 6 nitrogen and oxygen atoms in total. The van der Waals surface area contributed by atoms with Gasteiger partial charge in [-0.3, -0.25) is 4.79 Å². The molecule has 0 aromatic heterocycles. The molecule has 1 aliphatic rings. The summed E-state index contributed by atoms with van der Waals surface area (Å²) in [4.78, 5) is 26.4. The summed E-state index contributed by atoms with van der Waals surface area (Å²) in [6.45, 7) is 4.38. The first-order chi connectivity index (χ1) is 17.8. The summed E-state index contributed by atoms with van der Waals surface area (Å²) in [5.74, 6) is -0.415. The van der Waals surface area contributed by atoms with Crippen LogP contribution < -0.4 is 4.90 Å². The number of rotatable bonds is 12. The molecule has 1 unspecified atom stereocenters. The van der Waals surface area contributed by atoms with E-state index in [0.717, 1.165) is 37.1 Å². The van der Waals surface area contributed by atoms with Gasteiger partial charge >= 0.3 is 6.18 Å². The van der Waals surface area contributed by atoms with Crippen molar-refractivity contribution in [1.82, 2.24) is 0 Å². The fourth-order valence-electron chi connectivity index (χ4n) is 4.80. The molecule has 0 N–H and O–H groups in total. The molecular weight excluding hydrogens is 483 g/mol. The number of carbonyl (C=O) groups excluding carboxylic acids is 1. The van der Waals surface area contributed by atoms with Gasteiger partial charge in [0.05, 0.1) is 30.4 Å². The number of alkyl halides is 3. The molecule has 9 heteroatoms. The number of morpholine rings is 1. The van der Waals surface area contributed by atoms with Gasteiger partial charge in [0, 0.05) is 30.8 Å². The maximum absolute atomic E-state index is 13.4. The van der Waals surface area contributed by atoms with Crippen LogP contribution in [0.2, 0.25) is 0 Å². The molecule has 0 saturated carbocycles. The Bertz CT molecular complexity index is 1120. The van der Waals surface area contributed by atoms with Crippen molar-refractivity contribution in [2.75, 3.05) is 31.2 Å². The summed E-state index contributed by atoms with van der Waals surface area (Å²) in [6.07, 6.45) is -0.0476. The lowest BCUT2D eigenvalue weighted by molar-refractivity contribution is -0.137. The van der Waals surface area contributed by atoms with Gasteiger partial charge in [0.1, 0.15) is 5.69 Å². The Morgan fingerprint density at radius 1 is 1.11 bits per heavy atom. The van der Waals surface area contributed by atoms with Crippen molar-refractivity contribution in [1.29, 1.82) is 5.26 Å². The maximum atomic E-state index is 13.4. The number of anilines is 1. The van der Waals surface area contributed by atoms with E-state index in [9.17, 15) is 28.1 Å². The minimum absolute atomic E-state index is 0.149. The molecule has 0 amide bonds. The number of nitriles is 1. The van der Waals surface area contributed by atoms with E-state index in [1.165, 1.54) is 12.1 Å². The second-order valence-electron chi connectivity index (χ2n) is 9.31. The van der Waals surface area contributed by atoms with Crippen LogP contribution in [0.3, 0.4) is 0 Å². The first kappa shape index (κ1) is 28.3. The molecule has 0 radical (unpaired) electrons. The smallest absolute Gasteiger partial charge is 0.378 e. The number of benzene rings is 2. The minimum atomic E-state index is -4.50. The van der Waals surface area contributed by atoms with Gasteiger partial charge in [-0.05, 0) is 72.3 Å². The highest BCUT2D eigenvalue weighted by Gasteiger charge is 2.32. The summed E-state index contributed by atoms with van der Waals surface area (Å²) < 4.78 is 45.6. The van der Waals surface area contributed by atoms with E-state index >= 15 is 0 Å². The van der Waals surface area contributed by atoms with Crippen LogP contribution >= 0.6 is 0 Å². The topological polar surface area (TPSA) is 82.8 Å². The van der Waals surface area contributed by atoms with Crippen LogP contribution in [0.5, 0.6) is 0 Å². The number of ether oxygens (including phenoxy) is 1. The molecule has 37 heavy (non-hydrogen) atoms. The zero-order valence-corrected chi connectivity index (χ0v) is 21.0. The van der Waals surface area contributed by atoms with Crippen molar-refractivity contribution in [3.63, 3.8) is 0 Å². The van der Waals surface area contributed by atoms with Crippen molar-refractivity contribution >= 4 is 17.2 Å². The van der Waals surface area contributed by atoms with Gasteiger partial charge in [0.15, 0.2) is 5.78 Å². The number of halogens is 3. The predicted octanol–water partition coefficient (Wildman–Crippen LogP) is 7.53. The zero-order chi connectivity index (χ0) is 26.8. The van der Waals surface area contributed by atoms with Crippen LogP contribution in [0.25, 0.3) is 0 Å². The average Bonchev–Trinajstić information content (AvgIpc) is 2.91. The van der Waals surface area contributed by atoms with Gasteiger partial charge in [-0.15, -0.1) is 4.91 Å². The number of ketones is 1. The zero-order valence-electron chi connectivity index (χ0n) is 21.0. The van der Waals surface area contributed by atoms with Crippen LogP contribution in [-0.4, -0.2) is 32.1 Å². The van der Waals surface area contributed by atoms with E-state index in [2.05, 4.69) is 5.18 Å². The Labute approximate surface area is 215 Å². The van der Waals surface area contributed by atoms with Crippen molar-refractivity contribution in [2.24, 2.45) is 5.18 Å². The number of hydrogen-bond acceptors (Lipinski definition) is 6. The third-order valence-electron chi connectivity index (χ3n) is 6.79. The van der Waals surface area contributed by atoms with Crippen molar-refractivity contribution in [3.8, 4) is 6.07 Å². The monoisotopic (exact) mass is 515 g/mol. The fraction of sp³-hybridized carbons (Fsp3) is 0.500. The van der Waals surface area contributed by atoms with Crippen molar-refractivity contribution in [3.05, 3.63) is 63.6 Å². The Hall–Kier alpha value is -3.25. The van der Waals surface area contributed by atoms with Gasteiger partial charge in [-0.2, -0.15) is 18.4 Å². The third-order valence-corrected chi connectivity index (χ3v) is 6.79. The van der Waals surface area contributed by atoms with Gasteiger partial charge in [0.2, 0.25) is 0 Å². The molecule has 3 rings (SSSR count). The Morgan fingerprint density at radius 3 is 2.49 bits per heavy atom. The van der Waals surface area contributed by atoms with Crippen molar-refractivity contribution < 1.29 is 22.7 Å². The third kappa shape index (κ3) is 7.62. The van der Waals surface area contributed by atoms with E-state index in [-0.39, 0.29) is 29.4 Å². The first-order valence-corrected chi connectivity index (χ1v) is 12.7. The lowest BCUT2D eigenvalue weighted by Crippen LogP contribution is -2.37. The fourth-order valence-corrected chi connectivity index (χ4v) is 4.80. The summed E-state index contributed by atoms with van der Waals surface area (Å²) in [5.41, 5.74) is 1.16. The van der Waals surface area contributed by atoms with E-state index < -0.39 is 11.7 Å². The molecule has 1 fully saturated rings. The van der Waals surface area contributed by atoms with Crippen LogP contribution in [0, 0.1) is 16.2 Å². The standard InChI is InChI=1S/C28H32F3N3O3/c1-2-3-4-6-20(24-17-22(28(29,30)31)10-9-21(24)19-32)7-5-8-27(35)25-18-23(33-36)11-12-26(25)34-13-15-37-16-14-34/h9-12,17-18,20H,2-8,13-16H2,1H3. The number of unbranched alkanes of at least 4 members (excludes halogenated alkanes) is 2. The van der Waals surface area contributed by atoms with Gasteiger partial charge < -0.3 is 9.64 Å². The molecule has 1 saturated heterocycles. The number of hydrogen-bond donors (Lipinski definition) is 0. The SMILES string of the molecule is CCCCCC(CCCC(=O)c1cc(N=O)ccc1N1CCOCC1)c1cc(C(F)(F)F)ccc1C#N. The Balaban J connectivity index is 1.79. The number of Topliss-reactive ketones (excluding diaryl/α,β-unsaturated/α-hetero) is 1. The predicted molar refractivity (Wildman–Crippen MR) is 136 cm³/mol. The van der Waals surface area contributed by atoms with Gasteiger partial charge in [-0.25, -0.2) is 0 Å². The molecule has 2 aromatic rings. The molecule has 2 aromatic carbocycles. The van der Waals surface area contributed by atoms with Crippen LogP contribution in [0.1, 0.15) is 84.8 Å². The molecule has 0 spiro atoms. The normalized spacial score (nSPS) is 14.7. The van der Waals surface area contributed by atoms with Gasteiger partial charge in [-0.1, -0.05) is 26.2 Å². The highest BCUT2D eigenvalue weighted by atomic mass is 19.4. The molecule has 198 valence electrons. The highest BCUT2D eigenvalue weighted by molar-refractivity contribution is 6.02. The maximum Gasteiger partial charge on any atom is 0.416 e. The van der Waals surface area contributed by atoms with E-state index in [4.69, 9.17) is 4.74 Å². The summed E-state index contributed by atoms with van der Waals surface area (Å²) in [6, 6.07) is 10.1. The highest BCUT2D eigenvalue weighted by Crippen LogP contribution is 2.36. The molecule has 1 aliphatic heterocycles. The molecule has 0 bridgehead atoms. The number of nitroso groups, excluding NO2 is 1. The number of nitrogens with zero attached hydrogens (tertiary/aromatic N) is 3. The summed E-state index contributed by atoms with van der Waals surface area (Å²) in [7, 11) is 0. The largest absolute Gasteiger partial charge is 0.416 e. The lowest BCUT2D eigenvalue weighted by atomic mass is 9.84. The number of carbonyl (C=O) groups is 1. The summed E-state index contributed by atoms with van der Waals surface area (Å²) >= 11 is 0. The van der Waals surface area contributed by atoms with E-state index in [0.29, 0.717) is 56.7 Å². The quantitative estimate of drug-likeness (QED) is 0.166. The Morgan fingerprint density at radius 2 is 1.84 bits per heavy atom.